The first-order chi connectivity index (χ1) is 10.5. The van der Waals surface area contributed by atoms with E-state index >= 15 is 0 Å². The number of nitrogen functional groups attached to an aromatic ring is 1. The molecule has 0 saturated heterocycles. The van der Waals surface area contributed by atoms with Gasteiger partial charge in [-0.05, 0) is 25.5 Å². The maximum Gasteiger partial charge on any atom is 0.353 e. The zero-order valence-electron chi connectivity index (χ0n) is 12.4. The monoisotopic (exact) mass is 302 g/mol. The van der Waals surface area contributed by atoms with Crippen molar-refractivity contribution in [1.29, 1.82) is 0 Å². The second kappa shape index (κ2) is 6.70. The average molecular weight is 302 g/mol. The first kappa shape index (κ1) is 15.5. The largest absolute Gasteiger partial charge is 0.378 e. The molecule has 0 bridgehead atoms. The van der Waals surface area contributed by atoms with Gasteiger partial charge in [0.2, 0.25) is 17.6 Å². The molecule has 0 fully saturated rings. The molecule has 116 valence electrons. The lowest BCUT2D eigenvalue weighted by molar-refractivity contribution is -0.383. The summed E-state index contributed by atoms with van der Waals surface area (Å²) in [6, 6.07) is 9.18. The normalized spacial score (nSPS) is 11.7. The SMILES string of the molecule is CC[C@@H](C)Nc1nc(N)c([N+](=O)[O-])c(Nc2ccccc2)n1. The van der Waals surface area contributed by atoms with Gasteiger partial charge in [0.05, 0.1) is 4.92 Å². The number of nitro groups is 1. The van der Waals surface area contributed by atoms with Crippen molar-refractivity contribution >= 4 is 29.0 Å². The van der Waals surface area contributed by atoms with E-state index in [1.807, 2.05) is 32.0 Å². The highest BCUT2D eigenvalue weighted by molar-refractivity contribution is 5.74. The highest BCUT2D eigenvalue weighted by atomic mass is 16.6. The Hall–Kier alpha value is -2.90. The van der Waals surface area contributed by atoms with Gasteiger partial charge in [-0.1, -0.05) is 25.1 Å². The van der Waals surface area contributed by atoms with Crippen LogP contribution in [0.5, 0.6) is 0 Å². The van der Waals surface area contributed by atoms with Gasteiger partial charge in [-0.2, -0.15) is 9.97 Å². The molecule has 8 heteroatoms. The van der Waals surface area contributed by atoms with Crippen molar-refractivity contribution in [2.75, 3.05) is 16.4 Å². The summed E-state index contributed by atoms with van der Waals surface area (Å²) in [7, 11) is 0. The van der Waals surface area contributed by atoms with Crippen LogP contribution in [-0.2, 0) is 0 Å². The number of nitrogens with zero attached hydrogens (tertiary/aromatic N) is 3. The zero-order chi connectivity index (χ0) is 16.1. The van der Waals surface area contributed by atoms with E-state index in [2.05, 4.69) is 20.6 Å². The van der Waals surface area contributed by atoms with Gasteiger partial charge in [-0.3, -0.25) is 10.1 Å². The molecule has 4 N–H and O–H groups in total. The molecule has 0 unspecified atom stereocenters. The highest BCUT2D eigenvalue weighted by Gasteiger charge is 2.23. The predicted molar refractivity (Wildman–Crippen MR) is 86.2 cm³/mol. The first-order valence-corrected chi connectivity index (χ1v) is 6.91. The molecule has 0 saturated carbocycles. The Morgan fingerprint density at radius 2 is 2.00 bits per heavy atom. The summed E-state index contributed by atoms with van der Waals surface area (Å²) in [6.45, 7) is 3.97. The molecule has 22 heavy (non-hydrogen) atoms. The molecule has 0 aliphatic heterocycles. The molecule has 0 radical (unpaired) electrons. The number of hydrogen-bond acceptors (Lipinski definition) is 7. The summed E-state index contributed by atoms with van der Waals surface area (Å²) in [5.41, 5.74) is 6.07. The molecule has 8 nitrogen and oxygen atoms in total. The first-order valence-electron chi connectivity index (χ1n) is 6.91. The summed E-state index contributed by atoms with van der Waals surface area (Å²) in [5.74, 6) is 0.148. The smallest absolute Gasteiger partial charge is 0.353 e. The topological polar surface area (TPSA) is 119 Å². The number of para-hydroxylation sites is 1. The summed E-state index contributed by atoms with van der Waals surface area (Å²) < 4.78 is 0. The van der Waals surface area contributed by atoms with Gasteiger partial charge in [0.25, 0.3) is 0 Å². The molecule has 1 heterocycles. The number of nitrogens with one attached hydrogen (secondary N) is 2. The average Bonchev–Trinajstić information content (AvgIpc) is 2.47. The summed E-state index contributed by atoms with van der Waals surface area (Å²) in [4.78, 5) is 18.8. The Labute approximate surface area is 127 Å². The molecule has 0 spiro atoms. The molecule has 0 aliphatic carbocycles. The highest BCUT2D eigenvalue weighted by Crippen LogP contribution is 2.31. The van der Waals surface area contributed by atoms with Gasteiger partial charge in [0, 0.05) is 11.7 Å². The molecular weight excluding hydrogens is 284 g/mol. The van der Waals surface area contributed by atoms with Crippen molar-refractivity contribution in [3.05, 3.63) is 40.4 Å². The van der Waals surface area contributed by atoms with Crippen LogP contribution in [0.25, 0.3) is 0 Å². The van der Waals surface area contributed by atoms with Gasteiger partial charge in [-0.25, -0.2) is 0 Å². The minimum Gasteiger partial charge on any atom is -0.378 e. The molecule has 1 atom stereocenters. The van der Waals surface area contributed by atoms with Gasteiger partial charge in [0.15, 0.2) is 0 Å². The second-order valence-electron chi connectivity index (χ2n) is 4.83. The Balaban J connectivity index is 2.41. The number of hydrogen-bond donors (Lipinski definition) is 3. The van der Waals surface area contributed by atoms with Crippen LogP contribution in [0.3, 0.4) is 0 Å². The Morgan fingerprint density at radius 3 is 2.59 bits per heavy atom. The maximum atomic E-state index is 11.2. The summed E-state index contributed by atoms with van der Waals surface area (Å²) >= 11 is 0. The molecular formula is C14H18N6O2. The molecule has 2 rings (SSSR count). The number of rotatable bonds is 6. The second-order valence-corrected chi connectivity index (χ2v) is 4.83. The predicted octanol–water partition coefficient (Wildman–Crippen LogP) is 2.92. The number of aromatic nitrogens is 2. The number of benzene rings is 1. The zero-order valence-corrected chi connectivity index (χ0v) is 12.4. The lowest BCUT2D eigenvalue weighted by atomic mass is 10.3. The standard InChI is InChI=1S/C14H18N6O2/c1-3-9(2)16-14-18-12(15)11(20(21)22)13(19-14)17-10-7-5-4-6-8-10/h4-9H,3H2,1-2H3,(H4,15,16,17,18,19)/t9-/m1/s1. The fourth-order valence-corrected chi connectivity index (χ4v) is 1.78. The molecule has 0 aliphatic rings. The van der Waals surface area contributed by atoms with Crippen LogP contribution >= 0.6 is 0 Å². The van der Waals surface area contributed by atoms with Crippen LogP contribution in [0.1, 0.15) is 20.3 Å². The van der Waals surface area contributed by atoms with E-state index in [0.717, 1.165) is 6.42 Å². The van der Waals surface area contributed by atoms with Crippen LogP contribution < -0.4 is 16.4 Å². The Morgan fingerprint density at radius 1 is 1.32 bits per heavy atom. The minimum atomic E-state index is -0.590. The lowest BCUT2D eigenvalue weighted by Crippen LogP contribution is -2.17. The van der Waals surface area contributed by atoms with E-state index in [1.165, 1.54) is 0 Å². The maximum absolute atomic E-state index is 11.2. The van der Waals surface area contributed by atoms with E-state index in [9.17, 15) is 10.1 Å². The van der Waals surface area contributed by atoms with Crippen LogP contribution in [0, 0.1) is 10.1 Å². The van der Waals surface area contributed by atoms with Gasteiger partial charge < -0.3 is 16.4 Å². The van der Waals surface area contributed by atoms with Crippen LogP contribution in [0.2, 0.25) is 0 Å². The molecule has 0 amide bonds. The van der Waals surface area contributed by atoms with E-state index in [1.54, 1.807) is 12.1 Å². The van der Waals surface area contributed by atoms with Crippen LogP contribution in [0.15, 0.2) is 30.3 Å². The fraction of sp³-hybridized carbons (Fsp3) is 0.286. The van der Waals surface area contributed by atoms with Crippen molar-refractivity contribution in [2.24, 2.45) is 0 Å². The van der Waals surface area contributed by atoms with Crippen molar-refractivity contribution in [3.8, 4) is 0 Å². The van der Waals surface area contributed by atoms with Crippen molar-refractivity contribution < 1.29 is 4.92 Å². The van der Waals surface area contributed by atoms with Gasteiger partial charge >= 0.3 is 5.69 Å². The Bertz CT molecular complexity index is 662. The number of nitrogens with two attached hydrogens (primary N) is 1. The fourth-order valence-electron chi connectivity index (χ4n) is 1.78. The summed E-state index contributed by atoms with van der Waals surface area (Å²) in [5, 5.41) is 17.2. The third kappa shape index (κ3) is 3.60. The number of anilines is 4. The van der Waals surface area contributed by atoms with Gasteiger partial charge in [-0.15, -0.1) is 0 Å². The molecule has 2 aromatic rings. The quantitative estimate of drug-likeness (QED) is 0.554. The van der Waals surface area contributed by atoms with Crippen LogP contribution in [-0.4, -0.2) is 20.9 Å². The van der Waals surface area contributed by atoms with E-state index < -0.39 is 4.92 Å². The van der Waals surface area contributed by atoms with Crippen molar-refractivity contribution in [1.82, 2.24) is 9.97 Å². The third-order valence-electron chi connectivity index (χ3n) is 3.12. The molecule has 1 aromatic carbocycles. The molecule has 1 aromatic heterocycles. The van der Waals surface area contributed by atoms with Crippen molar-refractivity contribution in [2.45, 2.75) is 26.3 Å². The van der Waals surface area contributed by atoms with Crippen molar-refractivity contribution in [3.63, 3.8) is 0 Å². The summed E-state index contributed by atoms with van der Waals surface area (Å²) in [6.07, 6.45) is 0.863. The van der Waals surface area contributed by atoms with E-state index in [0.29, 0.717) is 5.69 Å². The lowest BCUT2D eigenvalue weighted by Gasteiger charge is -2.13. The minimum absolute atomic E-state index is 0.0644. The van der Waals surface area contributed by atoms with E-state index in [-0.39, 0.29) is 29.3 Å². The van der Waals surface area contributed by atoms with Gasteiger partial charge in [0.1, 0.15) is 0 Å². The van der Waals surface area contributed by atoms with Crippen LogP contribution in [0.4, 0.5) is 29.0 Å². The Kier molecular flexibility index (Phi) is 4.72. The third-order valence-corrected chi connectivity index (χ3v) is 3.12. The van der Waals surface area contributed by atoms with E-state index in [4.69, 9.17) is 5.73 Å².